The Morgan fingerprint density at radius 1 is 1.71 bits per heavy atom. The van der Waals surface area contributed by atoms with Crippen LogP contribution in [0.4, 0.5) is 0 Å². The Hall–Kier alpha value is -0.260. The van der Waals surface area contributed by atoms with E-state index in [-0.39, 0.29) is 6.61 Å². The molecule has 2 atom stereocenters. The number of hydrogen-bond donors (Lipinski definition) is 2. The maximum absolute atomic E-state index is 10.3. The van der Waals surface area contributed by atoms with Crippen LogP contribution in [0.1, 0.15) is 13.3 Å². The minimum Gasteiger partial charge on any atom is -0.370 e. The summed E-state index contributed by atoms with van der Waals surface area (Å²) in [6, 6.07) is 0.604. The molecule has 3 N–H and O–H groups in total. The van der Waals surface area contributed by atoms with E-state index in [4.69, 9.17) is 10.5 Å². The lowest BCUT2D eigenvalue weighted by molar-refractivity contribution is -0.122. The van der Waals surface area contributed by atoms with Crippen molar-refractivity contribution in [1.82, 2.24) is 5.32 Å². The third-order valence-electron chi connectivity index (χ3n) is 2.12. The monoisotopic (exact) mass is 218 g/mol. The van der Waals surface area contributed by atoms with E-state index in [9.17, 15) is 4.79 Å². The third kappa shape index (κ3) is 4.83. The highest BCUT2D eigenvalue weighted by Gasteiger charge is 2.20. The number of ether oxygens (including phenoxy) is 1. The molecule has 0 aliphatic carbocycles. The highest BCUT2D eigenvalue weighted by molar-refractivity contribution is 8.00. The Kier molecular flexibility index (Phi) is 5.29. The zero-order chi connectivity index (χ0) is 10.4. The number of primary amides is 1. The second-order valence-corrected chi connectivity index (χ2v) is 5.02. The molecule has 1 aliphatic heterocycles. The minimum atomic E-state index is -0.407. The first-order valence-corrected chi connectivity index (χ1v) is 5.94. The number of nitrogens with two attached hydrogens (primary N) is 1. The molecule has 4 nitrogen and oxygen atoms in total. The quantitative estimate of drug-likeness (QED) is 0.615. The van der Waals surface area contributed by atoms with Crippen molar-refractivity contribution < 1.29 is 9.53 Å². The normalized spacial score (nSPS) is 26.6. The molecule has 0 spiro atoms. The molecule has 0 aromatic rings. The molecule has 1 rings (SSSR count). The maximum atomic E-state index is 10.3. The summed E-state index contributed by atoms with van der Waals surface area (Å²) in [4.78, 5) is 10.3. The molecule has 14 heavy (non-hydrogen) atoms. The van der Waals surface area contributed by atoms with Crippen molar-refractivity contribution in [2.24, 2.45) is 5.73 Å². The summed E-state index contributed by atoms with van der Waals surface area (Å²) in [6.07, 6.45) is 1.22. The van der Waals surface area contributed by atoms with Crippen molar-refractivity contribution in [3.63, 3.8) is 0 Å². The van der Waals surface area contributed by atoms with Crippen LogP contribution in [0.3, 0.4) is 0 Å². The van der Waals surface area contributed by atoms with Crippen LogP contribution in [-0.4, -0.2) is 42.7 Å². The molecule has 0 saturated carbocycles. The Labute approximate surface area is 88.9 Å². The van der Waals surface area contributed by atoms with Crippen molar-refractivity contribution in [3.05, 3.63) is 0 Å². The summed E-state index contributed by atoms with van der Waals surface area (Å²) in [5.74, 6) is 0.770. The van der Waals surface area contributed by atoms with E-state index in [1.807, 2.05) is 11.8 Å². The van der Waals surface area contributed by atoms with Gasteiger partial charge in [0.2, 0.25) is 5.91 Å². The standard InChI is InChI=1S/C9H18N2O2S/c1-7-4-8(6-14-7)11-2-3-13-5-9(10)12/h7-8,11H,2-6H2,1H3,(H2,10,12). The molecule has 2 unspecified atom stereocenters. The summed E-state index contributed by atoms with van der Waals surface area (Å²) in [7, 11) is 0. The van der Waals surface area contributed by atoms with Crippen molar-refractivity contribution in [1.29, 1.82) is 0 Å². The zero-order valence-corrected chi connectivity index (χ0v) is 9.31. The van der Waals surface area contributed by atoms with Gasteiger partial charge in [0.15, 0.2) is 0 Å². The predicted molar refractivity (Wildman–Crippen MR) is 58.3 cm³/mol. The van der Waals surface area contributed by atoms with Crippen LogP contribution in [-0.2, 0) is 9.53 Å². The van der Waals surface area contributed by atoms with Crippen LogP contribution in [0.5, 0.6) is 0 Å². The van der Waals surface area contributed by atoms with E-state index in [2.05, 4.69) is 12.2 Å². The molecule has 5 heteroatoms. The Bertz CT molecular complexity index is 190. The first-order chi connectivity index (χ1) is 6.68. The van der Waals surface area contributed by atoms with Gasteiger partial charge in [-0.1, -0.05) is 6.92 Å². The van der Waals surface area contributed by atoms with Gasteiger partial charge in [-0.25, -0.2) is 0 Å². The van der Waals surface area contributed by atoms with Crippen molar-refractivity contribution in [2.75, 3.05) is 25.5 Å². The average Bonchev–Trinajstić information content (AvgIpc) is 2.50. The highest BCUT2D eigenvalue weighted by Crippen LogP contribution is 2.25. The van der Waals surface area contributed by atoms with E-state index in [1.165, 1.54) is 12.2 Å². The number of amides is 1. The number of thioether (sulfide) groups is 1. The Morgan fingerprint density at radius 2 is 2.50 bits per heavy atom. The van der Waals surface area contributed by atoms with Crippen LogP contribution in [0.15, 0.2) is 0 Å². The number of rotatable bonds is 6. The molecule has 0 aromatic heterocycles. The molecular formula is C9H18N2O2S. The summed E-state index contributed by atoms with van der Waals surface area (Å²) >= 11 is 2.00. The second-order valence-electron chi connectivity index (χ2n) is 3.55. The van der Waals surface area contributed by atoms with Crippen LogP contribution in [0.2, 0.25) is 0 Å². The molecule has 0 bridgehead atoms. The van der Waals surface area contributed by atoms with Crippen molar-refractivity contribution in [2.45, 2.75) is 24.6 Å². The zero-order valence-electron chi connectivity index (χ0n) is 8.49. The van der Waals surface area contributed by atoms with Crippen molar-refractivity contribution >= 4 is 17.7 Å². The Morgan fingerprint density at radius 3 is 3.07 bits per heavy atom. The summed E-state index contributed by atoms with van der Waals surface area (Å²) in [5, 5.41) is 4.15. The first-order valence-electron chi connectivity index (χ1n) is 4.89. The molecule has 1 amide bonds. The fourth-order valence-electron chi connectivity index (χ4n) is 1.47. The maximum Gasteiger partial charge on any atom is 0.243 e. The molecule has 1 fully saturated rings. The number of carbonyl (C=O) groups is 1. The number of hydrogen-bond acceptors (Lipinski definition) is 4. The molecule has 0 aromatic carbocycles. The fraction of sp³-hybridized carbons (Fsp3) is 0.889. The Balaban J connectivity index is 1.91. The average molecular weight is 218 g/mol. The van der Waals surface area contributed by atoms with E-state index >= 15 is 0 Å². The summed E-state index contributed by atoms with van der Waals surface area (Å²) in [6.45, 7) is 3.62. The lowest BCUT2D eigenvalue weighted by Gasteiger charge is -2.10. The van der Waals surface area contributed by atoms with Gasteiger partial charge in [-0.15, -0.1) is 0 Å². The molecule has 82 valence electrons. The lowest BCUT2D eigenvalue weighted by atomic mass is 10.2. The van der Waals surface area contributed by atoms with Gasteiger partial charge >= 0.3 is 0 Å². The largest absolute Gasteiger partial charge is 0.370 e. The van der Waals surface area contributed by atoms with Gasteiger partial charge in [0.25, 0.3) is 0 Å². The van der Waals surface area contributed by atoms with Gasteiger partial charge in [-0.05, 0) is 6.42 Å². The van der Waals surface area contributed by atoms with Crippen LogP contribution >= 0.6 is 11.8 Å². The van der Waals surface area contributed by atoms with E-state index in [0.29, 0.717) is 12.6 Å². The molecular weight excluding hydrogens is 200 g/mol. The first kappa shape index (κ1) is 11.8. The van der Waals surface area contributed by atoms with Crippen LogP contribution in [0, 0.1) is 0 Å². The van der Waals surface area contributed by atoms with E-state index < -0.39 is 5.91 Å². The SMILES string of the molecule is CC1CC(NCCOCC(N)=O)CS1. The molecule has 1 saturated heterocycles. The van der Waals surface area contributed by atoms with Gasteiger partial charge in [-0.2, -0.15) is 11.8 Å². The molecule has 1 heterocycles. The third-order valence-corrected chi connectivity index (χ3v) is 3.48. The van der Waals surface area contributed by atoms with Gasteiger partial charge < -0.3 is 15.8 Å². The molecule has 0 radical (unpaired) electrons. The topological polar surface area (TPSA) is 64.3 Å². The van der Waals surface area contributed by atoms with Crippen LogP contribution in [0.25, 0.3) is 0 Å². The van der Waals surface area contributed by atoms with Gasteiger partial charge in [0, 0.05) is 23.6 Å². The van der Waals surface area contributed by atoms with E-state index in [0.717, 1.165) is 11.8 Å². The summed E-state index contributed by atoms with van der Waals surface area (Å²) in [5.41, 5.74) is 4.93. The minimum absolute atomic E-state index is 0.0253. The van der Waals surface area contributed by atoms with E-state index in [1.54, 1.807) is 0 Å². The van der Waals surface area contributed by atoms with Gasteiger partial charge in [0.05, 0.1) is 6.61 Å². The van der Waals surface area contributed by atoms with Gasteiger partial charge in [-0.3, -0.25) is 4.79 Å². The van der Waals surface area contributed by atoms with Crippen LogP contribution < -0.4 is 11.1 Å². The number of nitrogens with one attached hydrogen (secondary N) is 1. The summed E-state index contributed by atoms with van der Waals surface area (Å²) < 4.78 is 5.04. The molecule has 1 aliphatic rings. The number of carbonyl (C=O) groups excluding carboxylic acids is 1. The van der Waals surface area contributed by atoms with Gasteiger partial charge in [0.1, 0.15) is 6.61 Å². The highest BCUT2D eigenvalue weighted by atomic mass is 32.2. The lowest BCUT2D eigenvalue weighted by Crippen LogP contribution is -2.32. The smallest absolute Gasteiger partial charge is 0.243 e. The predicted octanol–water partition coefficient (Wildman–Crippen LogP) is -0.0281. The fourth-order valence-corrected chi connectivity index (χ4v) is 2.65. The van der Waals surface area contributed by atoms with Crippen molar-refractivity contribution in [3.8, 4) is 0 Å². The second kappa shape index (κ2) is 6.27.